The van der Waals surface area contributed by atoms with Gasteiger partial charge in [0.25, 0.3) is 0 Å². The summed E-state index contributed by atoms with van der Waals surface area (Å²) in [4.78, 5) is 24.1. The molecule has 1 aliphatic rings. The molecule has 6 nitrogen and oxygen atoms in total. The lowest BCUT2D eigenvalue weighted by molar-refractivity contribution is -0.143. The van der Waals surface area contributed by atoms with Crippen LogP contribution >= 0.6 is 0 Å². The lowest BCUT2D eigenvalue weighted by atomic mass is 9.97. The minimum absolute atomic E-state index is 0.188. The number of likely N-dealkylation sites (tertiary alicyclic amines) is 1. The summed E-state index contributed by atoms with van der Waals surface area (Å²) >= 11 is 0. The van der Waals surface area contributed by atoms with Crippen molar-refractivity contribution in [1.82, 2.24) is 10.2 Å². The molecule has 1 aliphatic heterocycles. The van der Waals surface area contributed by atoms with Crippen LogP contribution < -0.4 is 5.32 Å². The molecule has 2 amide bonds. The van der Waals surface area contributed by atoms with Crippen molar-refractivity contribution in [3.8, 4) is 0 Å². The van der Waals surface area contributed by atoms with Crippen LogP contribution in [0.4, 0.5) is 4.79 Å². The van der Waals surface area contributed by atoms with Gasteiger partial charge in [-0.1, -0.05) is 6.92 Å². The molecule has 0 aliphatic carbocycles. The molecule has 1 unspecified atom stereocenters. The zero-order chi connectivity index (χ0) is 13.5. The number of aliphatic carboxylic acids is 1. The third kappa shape index (κ3) is 4.64. The van der Waals surface area contributed by atoms with Gasteiger partial charge in [-0.25, -0.2) is 4.79 Å². The number of nitrogens with zero attached hydrogens (tertiary/aromatic N) is 1. The molecule has 0 aromatic heterocycles. The van der Waals surface area contributed by atoms with Crippen LogP contribution in [0.5, 0.6) is 0 Å². The van der Waals surface area contributed by atoms with Crippen molar-refractivity contribution in [2.45, 2.75) is 19.8 Å². The summed E-state index contributed by atoms with van der Waals surface area (Å²) in [6.45, 7) is 3.19. The van der Waals surface area contributed by atoms with Gasteiger partial charge in [0.15, 0.2) is 0 Å². The summed E-state index contributed by atoms with van der Waals surface area (Å²) in [6, 6.07) is -0.188. The van der Waals surface area contributed by atoms with Crippen molar-refractivity contribution in [3.05, 3.63) is 0 Å². The summed E-state index contributed by atoms with van der Waals surface area (Å²) in [5.41, 5.74) is 0. The fourth-order valence-electron chi connectivity index (χ4n) is 1.86. The summed E-state index contributed by atoms with van der Waals surface area (Å²) in [6.07, 6.45) is 1.01. The van der Waals surface area contributed by atoms with Crippen molar-refractivity contribution in [3.63, 3.8) is 0 Å². The number of amides is 2. The Morgan fingerprint density at radius 1 is 1.39 bits per heavy atom. The van der Waals surface area contributed by atoms with Crippen LogP contribution in [-0.4, -0.2) is 57.4 Å². The van der Waals surface area contributed by atoms with Gasteiger partial charge in [-0.15, -0.1) is 0 Å². The Bertz CT molecular complexity index is 327. The minimum Gasteiger partial charge on any atom is -0.481 e. The molecule has 2 N–H and O–H groups in total. The molecule has 0 aromatic rings. The van der Waals surface area contributed by atoms with Crippen LogP contribution in [-0.2, 0) is 15.6 Å². The molecule has 1 atom stereocenters. The monoisotopic (exact) mass is 276 g/mol. The fraction of sp³-hybridized carbons (Fsp3) is 0.818. The number of nitrogens with one attached hydrogen (secondary N) is 1. The molecule has 1 saturated heterocycles. The van der Waals surface area contributed by atoms with Gasteiger partial charge in [-0.3, -0.25) is 9.00 Å². The number of carboxylic acid groups (broad SMARTS) is 1. The van der Waals surface area contributed by atoms with Gasteiger partial charge in [0.2, 0.25) is 0 Å². The number of piperidine rings is 1. The minimum atomic E-state index is -0.871. The van der Waals surface area contributed by atoms with E-state index in [1.807, 2.05) is 6.92 Å². The Hall–Kier alpha value is -1.11. The predicted octanol–water partition coefficient (Wildman–Crippen LogP) is 0.261. The molecule has 7 heteroatoms. The lowest BCUT2D eigenvalue weighted by Crippen LogP contribution is -2.46. The first-order valence-corrected chi connectivity index (χ1v) is 7.64. The highest BCUT2D eigenvalue weighted by atomic mass is 32.2. The van der Waals surface area contributed by atoms with Crippen LogP contribution in [0.2, 0.25) is 0 Å². The molecule has 0 spiro atoms. The highest BCUT2D eigenvalue weighted by Gasteiger charge is 2.26. The van der Waals surface area contributed by atoms with Crippen LogP contribution in [0.15, 0.2) is 0 Å². The zero-order valence-corrected chi connectivity index (χ0v) is 11.4. The summed E-state index contributed by atoms with van der Waals surface area (Å²) in [5, 5.41) is 11.5. The molecule has 0 bridgehead atoms. The first-order chi connectivity index (χ1) is 8.54. The van der Waals surface area contributed by atoms with Crippen LogP contribution in [0.1, 0.15) is 19.8 Å². The number of carbonyl (C=O) groups is 2. The van der Waals surface area contributed by atoms with E-state index in [0.717, 1.165) is 0 Å². The molecule has 104 valence electrons. The highest BCUT2D eigenvalue weighted by molar-refractivity contribution is 7.84. The molecule has 1 rings (SSSR count). The van der Waals surface area contributed by atoms with Gasteiger partial charge < -0.3 is 15.3 Å². The maximum Gasteiger partial charge on any atom is 0.317 e. The first-order valence-electron chi connectivity index (χ1n) is 6.15. The number of urea groups is 1. The molecule has 0 radical (unpaired) electrons. The van der Waals surface area contributed by atoms with E-state index in [0.29, 0.717) is 44.0 Å². The van der Waals surface area contributed by atoms with Crippen molar-refractivity contribution >= 4 is 22.8 Å². The van der Waals surface area contributed by atoms with Crippen molar-refractivity contribution in [2.24, 2.45) is 5.92 Å². The topological polar surface area (TPSA) is 86.7 Å². The van der Waals surface area contributed by atoms with E-state index in [4.69, 9.17) is 5.11 Å². The van der Waals surface area contributed by atoms with Crippen molar-refractivity contribution < 1.29 is 18.9 Å². The second-order valence-electron chi connectivity index (χ2n) is 4.26. The molecule has 0 saturated carbocycles. The Labute approximate surface area is 109 Å². The number of carbonyl (C=O) groups excluding carboxylic acids is 1. The number of carboxylic acids is 1. The van der Waals surface area contributed by atoms with Gasteiger partial charge in [0.1, 0.15) is 0 Å². The Balaban J connectivity index is 2.24. The Morgan fingerprint density at radius 3 is 2.50 bits per heavy atom. The first kappa shape index (κ1) is 14.9. The maximum atomic E-state index is 11.7. The van der Waals surface area contributed by atoms with Crippen LogP contribution in [0.3, 0.4) is 0 Å². The quantitative estimate of drug-likeness (QED) is 0.754. The predicted molar refractivity (Wildman–Crippen MR) is 68.9 cm³/mol. The van der Waals surface area contributed by atoms with E-state index < -0.39 is 16.8 Å². The molecule has 0 aromatic carbocycles. The SMILES string of the molecule is CCS(=O)CCNC(=O)N1CCC(C(=O)O)CC1. The molecular formula is C11H20N2O4S. The standard InChI is InChI=1S/C11H20N2O4S/c1-2-18(17)8-5-12-11(16)13-6-3-9(4-7-13)10(14)15/h9H,2-8H2,1H3,(H,12,16)(H,14,15). The summed E-state index contributed by atoms with van der Waals surface area (Å²) in [5.74, 6) is -0.0525. The van der Waals surface area contributed by atoms with Gasteiger partial charge in [-0.05, 0) is 12.8 Å². The number of hydrogen-bond acceptors (Lipinski definition) is 3. The summed E-state index contributed by atoms with van der Waals surface area (Å²) in [7, 11) is -0.871. The normalized spacial score (nSPS) is 18.4. The Kier molecular flexibility index (Phi) is 6.11. The maximum absolute atomic E-state index is 11.7. The van der Waals surface area contributed by atoms with E-state index in [9.17, 15) is 13.8 Å². The van der Waals surface area contributed by atoms with Crippen LogP contribution in [0, 0.1) is 5.92 Å². The van der Waals surface area contributed by atoms with E-state index >= 15 is 0 Å². The molecular weight excluding hydrogens is 256 g/mol. The van der Waals surface area contributed by atoms with E-state index in [2.05, 4.69) is 5.32 Å². The molecule has 1 fully saturated rings. The molecule has 1 heterocycles. The largest absolute Gasteiger partial charge is 0.481 e. The third-order valence-electron chi connectivity index (χ3n) is 3.06. The second kappa shape index (κ2) is 7.35. The average Bonchev–Trinajstić information content (AvgIpc) is 2.38. The van der Waals surface area contributed by atoms with Gasteiger partial charge in [0.05, 0.1) is 5.92 Å². The molecule has 18 heavy (non-hydrogen) atoms. The van der Waals surface area contributed by atoms with Crippen molar-refractivity contribution in [1.29, 1.82) is 0 Å². The van der Waals surface area contributed by atoms with E-state index in [1.165, 1.54) is 0 Å². The lowest BCUT2D eigenvalue weighted by Gasteiger charge is -2.30. The second-order valence-corrected chi connectivity index (χ2v) is 6.13. The zero-order valence-electron chi connectivity index (χ0n) is 10.6. The van der Waals surface area contributed by atoms with Gasteiger partial charge in [0, 0.05) is 41.9 Å². The van der Waals surface area contributed by atoms with Gasteiger partial charge in [-0.2, -0.15) is 0 Å². The van der Waals surface area contributed by atoms with Crippen LogP contribution in [0.25, 0.3) is 0 Å². The number of hydrogen-bond donors (Lipinski definition) is 2. The summed E-state index contributed by atoms with van der Waals surface area (Å²) < 4.78 is 11.2. The van der Waals surface area contributed by atoms with Crippen molar-refractivity contribution in [2.75, 3.05) is 31.1 Å². The number of rotatable bonds is 5. The Morgan fingerprint density at radius 2 is 2.00 bits per heavy atom. The average molecular weight is 276 g/mol. The highest BCUT2D eigenvalue weighted by Crippen LogP contribution is 2.16. The fourth-order valence-corrected chi connectivity index (χ4v) is 2.48. The van der Waals surface area contributed by atoms with E-state index in [-0.39, 0.29) is 11.9 Å². The smallest absolute Gasteiger partial charge is 0.317 e. The van der Waals surface area contributed by atoms with E-state index in [1.54, 1.807) is 4.90 Å². The third-order valence-corrected chi connectivity index (χ3v) is 4.36. The van der Waals surface area contributed by atoms with Gasteiger partial charge >= 0.3 is 12.0 Å².